The van der Waals surface area contributed by atoms with Crippen molar-refractivity contribution in [3.05, 3.63) is 35.4 Å². The van der Waals surface area contributed by atoms with Gasteiger partial charge in [0.1, 0.15) is 0 Å². The highest BCUT2D eigenvalue weighted by Crippen LogP contribution is 2.25. The van der Waals surface area contributed by atoms with E-state index in [2.05, 4.69) is 55.3 Å². The maximum absolute atomic E-state index is 3.58. The molecule has 1 aliphatic heterocycles. The lowest BCUT2D eigenvalue weighted by molar-refractivity contribution is 0.185. The van der Waals surface area contributed by atoms with Crippen molar-refractivity contribution >= 4 is 0 Å². The predicted molar refractivity (Wildman–Crippen MR) is 87.1 cm³/mol. The van der Waals surface area contributed by atoms with Crippen molar-refractivity contribution in [1.29, 1.82) is 0 Å². The molecule has 2 nitrogen and oxygen atoms in total. The first-order valence-corrected chi connectivity index (χ1v) is 8.28. The van der Waals surface area contributed by atoms with Gasteiger partial charge in [0.25, 0.3) is 0 Å². The van der Waals surface area contributed by atoms with Crippen molar-refractivity contribution in [3.63, 3.8) is 0 Å². The zero-order valence-electron chi connectivity index (χ0n) is 13.4. The lowest BCUT2D eigenvalue weighted by Gasteiger charge is -2.35. The number of hydrogen-bond donors (Lipinski definition) is 1. The molecular weight excluding hydrogens is 244 g/mol. The SMILES string of the molecule is CCCCN(CC1CNCc2ccccc21)C(C)CC. The minimum atomic E-state index is 0.644. The molecule has 2 heteroatoms. The van der Waals surface area contributed by atoms with E-state index in [0.29, 0.717) is 12.0 Å². The van der Waals surface area contributed by atoms with Crippen molar-refractivity contribution in [2.24, 2.45) is 0 Å². The van der Waals surface area contributed by atoms with Gasteiger partial charge in [-0.15, -0.1) is 0 Å². The zero-order chi connectivity index (χ0) is 14.4. The number of benzene rings is 1. The molecule has 2 rings (SSSR count). The van der Waals surface area contributed by atoms with Gasteiger partial charge in [0.15, 0.2) is 0 Å². The van der Waals surface area contributed by atoms with Crippen LogP contribution in [-0.4, -0.2) is 30.6 Å². The molecule has 2 atom stereocenters. The molecule has 0 fully saturated rings. The third-order valence-corrected chi connectivity index (χ3v) is 4.67. The largest absolute Gasteiger partial charge is 0.312 e. The number of rotatable bonds is 7. The number of nitrogens with one attached hydrogen (secondary N) is 1. The number of unbranched alkanes of at least 4 members (excludes halogenated alkanes) is 1. The Balaban J connectivity index is 2.07. The van der Waals surface area contributed by atoms with Gasteiger partial charge < -0.3 is 10.2 Å². The van der Waals surface area contributed by atoms with E-state index in [-0.39, 0.29) is 0 Å². The van der Waals surface area contributed by atoms with Crippen LogP contribution in [-0.2, 0) is 6.54 Å². The maximum Gasteiger partial charge on any atom is 0.0208 e. The summed E-state index contributed by atoms with van der Waals surface area (Å²) in [5, 5.41) is 3.58. The Labute approximate surface area is 124 Å². The molecule has 0 saturated carbocycles. The van der Waals surface area contributed by atoms with Crippen LogP contribution < -0.4 is 5.32 Å². The number of nitrogens with zero attached hydrogens (tertiary/aromatic N) is 1. The van der Waals surface area contributed by atoms with E-state index < -0.39 is 0 Å². The first kappa shape index (κ1) is 15.5. The predicted octanol–water partition coefficient (Wildman–Crippen LogP) is 3.77. The Bertz CT molecular complexity index is 402. The molecule has 0 aromatic heterocycles. The van der Waals surface area contributed by atoms with E-state index in [1.807, 2.05) is 0 Å². The molecule has 20 heavy (non-hydrogen) atoms. The van der Waals surface area contributed by atoms with Crippen molar-refractivity contribution in [3.8, 4) is 0 Å². The fraction of sp³-hybridized carbons (Fsp3) is 0.667. The molecule has 0 saturated heterocycles. The summed E-state index contributed by atoms with van der Waals surface area (Å²) in [5.74, 6) is 0.644. The summed E-state index contributed by atoms with van der Waals surface area (Å²) in [5.41, 5.74) is 3.05. The second-order valence-electron chi connectivity index (χ2n) is 6.13. The van der Waals surface area contributed by atoms with E-state index in [0.717, 1.165) is 13.1 Å². The van der Waals surface area contributed by atoms with Crippen molar-refractivity contribution in [2.75, 3.05) is 19.6 Å². The molecule has 0 amide bonds. The molecule has 0 radical (unpaired) electrons. The van der Waals surface area contributed by atoms with Gasteiger partial charge in [0.2, 0.25) is 0 Å². The summed E-state index contributed by atoms with van der Waals surface area (Å²) in [7, 11) is 0. The summed E-state index contributed by atoms with van der Waals surface area (Å²) in [6, 6.07) is 9.64. The van der Waals surface area contributed by atoms with Crippen LogP contribution in [0.4, 0.5) is 0 Å². The number of fused-ring (bicyclic) bond motifs is 1. The van der Waals surface area contributed by atoms with Gasteiger partial charge in [-0.3, -0.25) is 0 Å². The summed E-state index contributed by atoms with van der Waals surface area (Å²) in [6.07, 6.45) is 3.84. The Morgan fingerprint density at radius 3 is 2.85 bits per heavy atom. The van der Waals surface area contributed by atoms with Crippen LogP contribution in [0, 0.1) is 0 Å². The molecule has 0 spiro atoms. The molecule has 2 unspecified atom stereocenters. The normalized spacial score (nSPS) is 19.9. The average Bonchev–Trinajstić information content (AvgIpc) is 2.50. The molecule has 112 valence electrons. The van der Waals surface area contributed by atoms with Gasteiger partial charge in [0, 0.05) is 31.6 Å². The molecule has 0 bridgehead atoms. The highest BCUT2D eigenvalue weighted by Gasteiger charge is 2.23. The van der Waals surface area contributed by atoms with Crippen LogP contribution in [0.2, 0.25) is 0 Å². The second kappa shape index (κ2) is 7.80. The van der Waals surface area contributed by atoms with E-state index in [4.69, 9.17) is 0 Å². The highest BCUT2D eigenvalue weighted by molar-refractivity contribution is 5.32. The minimum Gasteiger partial charge on any atom is -0.312 e. The second-order valence-corrected chi connectivity index (χ2v) is 6.13. The van der Waals surface area contributed by atoms with Crippen LogP contribution in [0.15, 0.2) is 24.3 Å². The third kappa shape index (κ3) is 3.83. The van der Waals surface area contributed by atoms with E-state index in [1.54, 1.807) is 5.56 Å². The molecule has 1 N–H and O–H groups in total. The van der Waals surface area contributed by atoms with Gasteiger partial charge >= 0.3 is 0 Å². The Kier molecular flexibility index (Phi) is 6.06. The Hall–Kier alpha value is -0.860. The van der Waals surface area contributed by atoms with Crippen LogP contribution in [0.5, 0.6) is 0 Å². The standard InChI is InChI=1S/C18H30N2/c1-4-6-11-20(15(3)5-2)14-17-13-19-12-16-9-7-8-10-18(16)17/h7-10,15,17,19H,4-6,11-14H2,1-3H3. The summed E-state index contributed by atoms with van der Waals surface area (Å²) in [4.78, 5) is 2.69. The molecule has 1 aliphatic rings. The van der Waals surface area contributed by atoms with Crippen molar-refractivity contribution < 1.29 is 0 Å². The summed E-state index contributed by atoms with van der Waals surface area (Å²) < 4.78 is 0. The molecule has 1 aromatic rings. The molecule has 0 aliphatic carbocycles. The molecule has 1 aromatic carbocycles. The Morgan fingerprint density at radius 2 is 2.10 bits per heavy atom. The third-order valence-electron chi connectivity index (χ3n) is 4.67. The van der Waals surface area contributed by atoms with E-state index in [1.165, 1.54) is 37.9 Å². The van der Waals surface area contributed by atoms with Crippen LogP contribution in [0.3, 0.4) is 0 Å². The lowest BCUT2D eigenvalue weighted by atomic mass is 9.90. The van der Waals surface area contributed by atoms with E-state index in [9.17, 15) is 0 Å². The van der Waals surface area contributed by atoms with Gasteiger partial charge in [0.05, 0.1) is 0 Å². The topological polar surface area (TPSA) is 15.3 Å². The fourth-order valence-corrected chi connectivity index (χ4v) is 3.14. The maximum atomic E-state index is 3.58. The quantitative estimate of drug-likeness (QED) is 0.814. The summed E-state index contributed by atoms with van der Waals surface area (Å²) >= 11 is 0. The monoisotopic (exact) mass is 274 g/mol. The number of hydrogen-bond acceptors (Lipinski definition) is 2. The smallest absolute Gasteiger partial charge is 0.0208 e. The first-order valence-electron chi connectivity index (χ1n) is 8.28. The van der Waals surface area contributed by atoms with Gasteiger partial charge in [-0.2, -0.15) is 0 Å². The average molecular weight is 274 g/mol. The minimum absolute atomic E-state index is 0.644. The van der Waals surface area contributed by atoms with Crippen LogP contribution in [0.1, 0.15) is 57.1 Å². The van der Waals surface area contributed by atoms with Crippen LogP contribution >= 0.6 is 0 Å². The Morgan fingerprint density at radius 1 is 1.30 bits per heavy atom. The zero-order valence-corrected chi connectivity index (χ0v) is 13.4. The van der Waals surface area contributed by atoms with Crippen molar-refractivity contribution in [2.45, 2.75) is 58.5 Å². The fourth-order valence-electron chi connectivity index (χ4n) is 3.14. The van der Waals surface area contributed by atoms with Crippen molar-refractivity contribution in [1.82, 2.24) is 10.2 Å². The van der Waals surface area contributed by atoms with Gasteiger partial charge in [-0.1, -0.05) is 44.5 Å². The van der Waals surface area contributed by atoms with Gasteiger partial charge in [-0.05, 0) is 37.4 Å². The summed E-state index contributed by atoms with van der Waals surface area (Å²) in [6.45, 7) is 11.5. The van der Waals surface area contributed by atoms with E-state index >= 15 is 0 Å². The molecular formula is C18H30N2. The lowest BCUT2D eigenvalue weighted by Crippen LogP contribution is -2.41. The highest BCUT2D eigenvalue weighted by atomic mass is 15.2. The first-order chi connectivity index (χ1) is 9.76. The van der Waals surface area contributed by atoms with Crippen LogP contribution in [0.25, 0.3) is 0 Å². The molecule has 1 heterocycles. The van der Waals surface area contributed by atoms with Gasteiger partial charge in [-0.25, -0.2) is 0 Å².